The van der Waals surface area contributed by atoms with Crippen molar-refractivity contribution in [1.82, 2.24) is 10.1 Å². The standard InChI is InChI=1S/C24H32N4O6/c1-5-8-13(2)33-24(32)27-20-15(4)28-34-21(20)19-12-11-18(14(3)25-19)26-22(29)16-9-6-7-10-17(16)23(30)31/h11-13,16-17H,5-10H2,1-4H3,(H,26,29)(H,27,32)(H,30,31)/t13-,16+,17+/m1/s1. The van der Waals surface area contributed by atoms with E-state index in [0.717, 1.165) is 25.7 Å². The van der Waals surface area contributed by atoms with Crippen molar-refractivity contribution in [2.75, 3.05) is 10.6 Å². The molecule has 34 heavy (non-hydrogen) atoms. The number of hydrogen-bond acceptors (Lipinski definition) is 7. The summed E-state index contributed by atoms with van der Waals surface area (Å²) >= 11 is 0. The number of nitrogens with one attached hydrogen (secondary N) is 2. The van der Waals surface area contributed by atoms with E-state index in [1.54, 1.807) is 26.0 Å². The van der Waals surface area contributed by atoms with Gasteiger partial charge in [0.25, 0.3) is 0 Å². The van der Waals surface area contributed by atoms with E-state index >= 15 is 0 Å². The van der Waals surface area contributed by atoms with Crippen molar-refractivity contribution in [3.63, 3.8) is 0 Å². The molecule has 0 radical (unpaired) electrons. The van der Waals surface area contributed by atoms with Crippen LogP contribution < -0.4 is 10.6 Å². The van der Waals surface area contributed by atoms with Gasteiger partial charge in [0.15, 0.2) is 0 Å². The smallest absolute Gasteiger partial charge is 0.412 e. The van der Waals surface area contributed by atoms with Crippen LogP contribution in [-0.4, -0.2) is 39.3 Å². The van der Waals surface area contributed by atoms with Gasteiger partial charge < -0.3 is 19.7 Å². The molecule has 3 rings (SSSR count). The van der Waals surface area contributed by atoms with E-state index in [9.17, 15) is 19.5 Å². The highest BCUT2D eigenvalue weighted by Gasteiger charge is 2.36. The summed E-state index contributed by atoms with van der Waals surface area (Å²) < 4.78 is 10.8. The Morgan fingerprint density at radius 3 is 2.50 bits per heavy atom. The topological polar surface area (TPSA) is 144 Å². The van der Waals surface area contributed by atoms with Crippen molar-refractivity contribution >= 4 is 29.3 Å². The van der Waals surface area contributed by atoms with Crippen molar-refractivity contribution < 1.29 is 28.8 Å². The first-order chi connectivity index (χ1) is 16.2. The number of carbonyl (C=O) groups excluding carboxylic acids is 2. The Balaban J connectivity index is 1.75. The van der Waals surface area contributed by atoms with Gasteiger partial charge in [-0.2, -0.15) is 0 Å². The first-order valence-corrected chi connectivity index (χ1v) is 11.7. The Morgan fingerprint density at radius 1 is 1.15 bits per heavy atom. The minimum Gasteiger partial charge on any atom is -0.481 e. The molecule has 2 amide bonds. The minimum absolute atomic E-state index is 0.221. The number of aryl methyl sites for hydroxylation is 2. The Labute approximate surface area is 198 Å². The molecule has 1 aliphatic rings. The molecule has 10 heteroatoms. The maximum atomic E-state index is 12.8. The predicted molar refractivity (Wildman–Crippen MR) is 125 cm³/mol. The number of anilines is 2. The summed E-state index contributed by atoms with van der Waals surface area (Å²) in [6.07, 6.45) is 3.53. The van der Waals surface area contributed by atoms with Crippen molar-refractivity contribution in [3.8, 4) is 11.5 Å². The van der Waals surface area contributed by atoms with E-state index < -0.39 is 23.9 Å². The predicted octanol–water partition coefficient (Wildman–Crippen LogP) is 4.92. The van der Waals surface area contributed by atoms with E-state index in [1.165, 1.54) is 0 Å². The van der Waals surface area contributed by atoms with Gasteiger partial charge >= 0.3 is 12.1 Å². The lowest BCUT2D eigenvalue weighted by molar-refractivity contribution is -0.147. The zero-order chi connectivity index (χ0) is 24.8. The van der Waals surface area contributed by atoms with Crippen molar-refractivity contribution in [3.05, 3.63) is 23.5 Å². The summed E-state index contributed by atoms with van der Waals surface area (Å²) in [4.78, 5) is 41.2. The Bertz CT molecular complexity index is 1050. The first-order valence-electron chi connectivity index (χ1n) is 11.7. The van der Waals surface area contributed by atoms with E-state index in [2.05, 4.69) is 20.8 Å². The van der Waals surface area contributed by atoms with Gasteiger partial charge in [-0.05, 0) is 52.2 Å². The molecule has 0 bridgehead atoms. The van der Waals surface area contributed by atoms with Gasteiger partial charge in [-0.1, -0.05) is 31.3 Å². The van der Waals surface area contributed by atoms with Crippen LogP contribution in [0, 0.1) is 25.7 Å². The second-order valence-electron chi connectivity index (χ2n) is 8.76. The van der Waals surface area contributed by atoms with E-state index in [0.29, 0.717) is 41.3 Å². The van der Waals surface area contributed by atoms with Gasteiger partial charge in [0.2, 0.25) is 11.7 Å². The van der Waals surface area contributed by atoms with Gasteiger partial charge in [-0.3, -0.25) is 14.9 Å². The second-order valence-corrected chi connectivity index (χ2v) is 8.76. The lowest BCUT2D eigenvalue weighted by atomic mass is 9.78. The molecular weight excluding hydrogens is 440 g/mol. The number of ether oxygens (including phenoxy) is 1. The zero-order valence-corrected chi connectivity index (χ0v) is 20.0. The number of aromatic nitrogens is 2. The Hall–Kier alpha value is -3.43. The molecule has 184 valence electrons. The van der Waals surface area contributed by atoms with Gasteiger partial charge in [0, 0.05) is 0 Å². The highest BCUT2D eigenvalue weighted by atomic mass is 16.6. The summed E-state index contributed by atoms with van der Waals surface area (Å²) in [5.41, 5.74) is 2.27. The van der Waals surface area contributed by atoms with Crippen LogP contribution in [0.3, 0.4) is 0 Å². The van der Waals surface area contributed by atoms with Crippen LogP contribution in [0.15, 0.2) is 16.7 Å². The van der Waals surface area contributed by atoms with Crippen LogP contribution >= 0.6 is 0 Å². The molecule has 2 aromatic rings. The van der Waals surface area contributed by atoms with Crippen LogP contribution in [0.2, 0.25) is 0 Å². The number of rotatable bonds is 8. The van der Waals surface area contributed by atoms with Crippen LogP contribution in [0.1, 0.15) is 63.8 Å². The summed E-state index contributed by atoms with van der Waals surface area (Å²) in [5.74, 6) is -2.22. The van der Waals surface area contributed by atoms with Crippen molar-refractivity contribution in [1.29, 1.82) is 0 Å². The number of carboxylic acid groups (broad SMARTS) is 1. The maximum absolute atomic E-state index is 12.8. The molecule has 1 saturated carbocycles. The molecule has 10 nitrogen and oxygen atoms in total. The third-order valence-electron chi connectivity index (χ3n) is 6.09. The number of hydrogen-bond donors (Lipinski definition) is 3. The molecule has 0 aliphatic heterocycles. The van der Waals surface area contributed by atoms with Gasteiger partial charge in [-0.15, -0.1) is 0 Å². The molecule has 1 fully saturated rings. The van der Waals surface area contributed by atoms with Crippen molar-refractivity contribution in [2.24, 2.45) is 11.8 Å². The lowest BCUT2D eigenvalue weighted by Gasteiger charge is -2.27. The van der Waals surface area contributed by atoms with Gasteiger partial charge in [0.05, 0.1) is 23.2 Å². The molecule has 0 saturated heterocycles. The minimum atomic E-state index is -0.937. The average molecular weight is 473 g/mol. The third-order valence-corrected chi connectivity index (χ3v) is 6.09. The number of carbonyl (C=O) groups is 3. The molecule has 0 spiro atoms. The largest absolute Gasteiger partial charge is 0.481 e. The number of carboxylic acids is 1. The normalized spacial score (nSPS) is 18.7. The average Bonchev–Trinajstić information content (AvgIpc) is 3.15. The van der Waals surface area contributed by atoms with Crippen LogP contribution in [0.4, 0.5) is 16.2 Å². The number of pyridine rings is 1. The monoisotopic (exact) mass is 472 g/mol. The highest BCUT2D eigenvalue weighted by molar-refractivity contribution is 5.96. The number of aliphatic carboxylic acids is 1. The molecule has 1 aliphatic carbocycles. The molecule has 3 atom stereocenters. The van der Waals surface area contributed by atoms with E-state index in [-0.39, 0.29) is 17.8 Å². The third kappa shape index (κ3) is 5.92. The SMILES string of the molecule is CCC[C@@H](C)OC(=O)Nc1c(C)noc1-c1ccc(NC(=O)[C@H]2CCCC[C@@H]2C(=O)O)c(C)n1. The zero-order valence-electron chi connectivity index (χ0n) is 20.0. The van der Waals surface area contributed by atoms with Crippen LogP contribution in [-0.2, 0) is 14.3 Å². The van der Waals surface area contributed by atoms with Crippen LogP contribution in [0.25, 0.3) is 11.5 Å². The summed E-state index contributed by atoms with van der Waals surface area (Å²) in [6, 6.07) is 3.33. The summed E-state index contributed by atoms with van der Waals surface area (Å²) in [7, 11) is 0. The lowest BCUT2D eigenvalue weighted by Crippen LogP contribution is -2.36. The van der Waals surface area contributed by atoms with Gasteiger partial charge in [0.1, 0.15) is 23.2 Å². The molecule has 2 aromatic heterocycles. The summed E-state index contributed by atoms with van der Waals surface area (Å²) in [6.45, 7) is 7.27. The van der Waals surface area contributed by atoms with E-state index in [1.807, 2.05) is 13.8 Å². The van der Waals surface area contributed by atoms with Crippen molar-refractivity contribution in [2.45, 2.75) is 72.3 Å². The van der Waals surface area contributed by atoms with Crippen LogP contribution in [0.5, 0.6) is 0 Å². The Morgan fingerprint density at radius 2 is 1.85 bits per heavy atom. The fourth-order valence-electron chi connectivity index (χ4n) is 4.26. The molecular formula is C24H32N4O6. The maximum Gasteiger partial charge on any atom is 0.412 e. The van der Waals surface area contributed by atoms with Gasteiger partial charge in [-0.25, -0.2) is 9.78 Å². The fraction of sp³-hybridized carbons (Fsp3) is 0.542. The molecule has 0 aromatic carbocycles. The molecule has 2 heterocycles. The fourth-order valence-corrected chi connectivity index (χ4v) is 4.26. The molecule has 0 unspecified atom stereocenters. The number of nitrogens with zero attached hydrogens (tertiary/aromatic N) is 2. The highest BCUT2D eigenvalue weighted by Crippen LogP contribution is 2.33. The Kier molecular flexibility index (Phi) is 8.25. The second kappa shape index (κ2) is 11.1. The first kappa shape index (κ1) is 25.2. The summed E-state index contributed by atoms with van der Waals surface area (Å²) in [5, 5.41) is 18.9. The molecule has 3 N–H and O–H groups in total. The number of amides is 2. The quantitative estimate of drug-likeness (QED) is 0.491. The van der Waals surface area contributed by atoms with E-state index in [4.69, 9.17) is 9.26 Å².